The van der Waals surface area contributed by atoms with Crippen LogP contribution in [0.25, 0.3) is 0 Å². The van der Waals surface area contributed by atoms with E-state index in [1.54, 1.807) is 0 Å². The molecule has 0 aliphatic carbocycles. The molecule has 0 aromatic rings. The van der Waals surface area contributed by atoms with Crippen molar-refractivity contribution in [3.8, 4) is 0 Å². The molecule has 0 spiro atoms. The average molecular weight is 228 g/mol. The van der Waals surface area contributed by atoms with Crippen LogP contribution in [-0.2, 0) is 9.47 Å². The van der Waals surface area contributed by atoms with Crippen molar-refractivity contribution in [1.29, 1.82) is 0 Å². The minimum absolute atomic E-state index is 0.0582. The summed E-state index contributed by atoms with van der Waals surface area (Å²) in [6.45, 7) is 7.06. The van der Waals surface area contributed by atoms with E-state index in [0.29, 0.717) is 12.5 Å². The van der Waals surface area contributed by atoms with Gasteiger partial charge in [0.2, 0.25) is 0 Å². The molecule has 3 atom stereocenters. The van der Waals surface area contributed by atoms with Crippen LogP contribution in [0, 0.1) is 5.92 Å². The maximum absolute atomic E-state index is 8.91. The van der Waals surface area contributed by atoms with Gasteiger partial charge in [0.05, 0.1) is 13.2 Å². The predicted molar refractivity (Wildman–Crippen MR) is 64.1 cm³/mol. The predicted octanol–water partition coefficient (Wildman–Crippen LogP) is 2.49. The van der Waals surface area contributed by atoms with Crippen LogP contribution in [0.2, 0.25) is 0 Å². The molecular weight excluding hydrogens is 204 g/mol. The van der Waals surface area contributed by atoms with E-state index in [0.717, 1.165) is 19.3 Å². The quantitative estimate of drug-likeness (QED) is 0.710. The van der Waals surface area contributed by atoms with E-state index in [-0.39, 0.29) is 19.0 Å². The molecule has 1 N–H and O–H groups in total. The minimum Gasteiger partial charge on any atom is -0.394 e. The van der Waals surface area contributed by atoms with Crippen molar-refractivity contribution in [2.24, 2.45) is 5.92 Å². The second-order valence-corrected chi connectivity index (χ2v) is 4.90. The molecule has 0 saturated carbocycles. The molecule has 1 heterocycles. The number of ether oxygens (including phenoxy) is 2. The standard InChI is InChI=1S/C13H24O3/c1-10(2)5-4-6-11(3)7-13-15-9-12(8-14)16-13/h5,11-14H,4,6-9H2,1-3H3/t11-,12?,13?/m1/s1. The van der Waals surface area contributed by atoms with Crippen molar-refractivity contribution in [1.82, 2.24) is 0 Å². The van der Waals surface area contributed by atoms with E-state index in [2.05, 4.69) is 26.8 Å². The number of hydrogen-bond donors (Lipinski definition) is 1. The van der Waals surface area contributed by atoms with Crippen LogP contribution in [0.1, 0.15) is 40.0 Å². The van der Waals surface area contributed by atoms with E-state index in [4.69, 9.17) is 14.6 Å². The first kappa shape index (κ1) is 13.7. The van der Waals surface area contributed by atoms with Gasteiger partial charge in [-0.2, -0.15) is 0 Å². The van der Waals surface area contributed by atoms with Gasteiger partial charge in [-0.1, -0.05) is 18.6 Å². The summed E-state index contributed by atoms with van der Waals surface area (Å²) in [4.78, 5) is 0. The molecule has 0 radical (unpaired) electrons. The first-order valence-corrected chi connectivity index (χ1v) is 6.13. The molecule has 0 aromatic heterocycles. The molecule has 0 aromatic carbocycles. The number of rotatable bonds is 6. The van der Waals surface area contributed by atoms with Gasteiger partial charge in [0.15, 0.2) is 6.29 Å². The lowest BCUT2D eigenvalue weighted by atomic mass is 10.0. The lowest BCUT2D eigenvalue weighted by Crippen LogP contribution is -2.17. The summed E-state index contributed by atoms with van der Waals surface area (Å²) in [5.41, 5.74) is 1.38. The van der Waals surface area contributed by atoms with Crippen molar-refractivity contribution < 1.29 is 14.6 Å². The summed E-state index contributed by atoms with van der Waals surface area (Å²) in [7, 11) is 0. The second-order valence-electron chi connectivity index (χ2n) is 4.90. The number of aliphatic hydroxyl groups is 1. The Labute approximate surface area is 98.4 Å². The molecule has 3 heteroatoms. The molecule has 94 valence electrons. The fourth-order valence-electron chi connectivity index (χ4n) is 1.83. The summed E-state index contributed by atoms with van der Waals surface area (Å²) in [5, 5.41) is 8.91. The Morgan fingerprint density at radius 3 is 2.81 bits per heavy atom. The van der Waals surface area contributed by atoms with Crippen molar-refractivity contribution in [2.75, 3.05) is 13.2 Å². The summed E-state index contributed by atoms with van der Waals surface area (Å²) in [6.07, 6.45) is 5.25. The maximum Gasteiger partial charge on any atom is 0.158 e. The van der Waals surface area contributed by atoms with Crippen molar-refractivity contribution in [2.45, 2.75) is 52.4 Å². The third kappa shape index (κ3) is 5.10. The van der Waals surface area contributed by atoms with Crippen LogP contribution in [0.3, 0.4) is 0 Å². The molecular formula is C13H24O3. The van der Waals surface area contributed by atoms with Crippen LogP contribution < -0.4 is 0 Å². The summed E-state index contributed by atoms with van der Waals surface area (Å²) < 4.78 is 11.0. The lowest BCUT2D eigenvalue weighted by Gasteiger charge is -2.15. The highest BCUT2D eigenvalue weighted by Gasteiger charge is 2.26. The van der Waals surface area contributed by atoms with Crippen molar-refractivity contribution in [3.63, 3.8) is 0 Å². The Balaban J connectivity index is 2.15. The van der Waals surface area contributed by atoms with E-state index >= 15 is 0 Å². The van der Waals surface area contributed by atoms with Gasteiger partial charge >= 0.3 is 0 Å². The lowest BCUT2D eigenvalue weighted by molar-refractivity contribution is -0.0770. The average Bonchev–Trinajstić information content (AvgIpc) is 2.65. The van der Waals surface area contributed by atoms with Gasteiger partial charge in [-0.25, -0.2) is 0 Å². The first-order chi connectivity index (χ1) is 7.61. The topological polar surface area (TPSA) is 38.7 Å². The highest BCUT2D eigenvalue weighted by Crippen LogP contribution is 2.21. The molecule has 16 heavy (non-hydrogen) atoms. The zero-order valence-corrected chi connectivity index (χ0v) is 10.6. The molecule has 1 fully saturated rings. The third-order valence-corrected chi connectivity index (χ3v) is 2.82. The molecule has 0 amide bonds. The molecule has 0 bridgehead atoms. The van der Waals surface area contributed by atoms with E-state index in [1.165, 1.54) is 5.57 Å². The van der Waals surface area contributed by atoms with E-state index in [9.17, 15) is 0 Å². The molecule has 3 nitrogen and oxygen atoms in total. The monoisotopic (exact) mass is 228 g/mol. The summed E-state index contributed by atoms with van der Waals surface area (Å²) in [5.74, 6) is 0.595. The SMILES string of the molecule is CC(C)=CCC[C@@H](C)CC1OCC(CO)O1. The highest BCUT2D eigenvalue weighted by molar-refractivity contribution is 4.92. The number of hydrogen-bond acceptors (Lipinski definition) is 3. The van der Waals surface area contributed by atoms with Crippen molar-refractivity contribution in [3.05, 3.63) is 11.6 Å². The van der Waals surface area contributed by atoms with Gasteiger partial charge < -0.3 is 14.6 Å². The van der Waals surface area contributed by atoms with Crippen LogP contribution >= 0.6 is 0 Å². The molecule has 1 saturated heterocycles. The van der Waals surface area contributed by atoms with Gasteiger partial charge in [0.1, 0.15) is 6.10 Å². The van der Waals surface area contributed by atoms with Crippen LogP contribution in [0.15, 0.2) is 11.6 Å². The van der Waals surface area contributed by atoms with Crippen LogP contribution in [0.4, 0.5) is 0 Å². The van der Waals surface area contributed by atoms with Gasteiger partial charge in [-0.15, -0.1) is 0 Å². The third-order valence-electron chi connectivity index (χ3n) is 2.82. The van der Waals surface area contributed by atoms with Crippen molar-refractivity contribution >= 4 is 0 Å². The van der Waals surface area contributed by atoms with Gasteiger partial charge in [0, 0.05) is 6.42 Å². The molecule has 2 unspecified atom stereocenters. The fraction of sp³-hybridized carbons (Fsp3) is 0.846. The van der Waals surface area contributed by atoms with Gasteiger partial charge in [-0.05, 0) is 32.6 Å². The second kappa shape index (κ2) is 7.05. The highest BCUT2D eigenvalue weighted by atomic mass is 16.7. The Kier molecular flexibility index (Phi) is 6.03. The summed E-state index contributed by atoms with van der Waals surface area (Å²) >= 11 is 0. The Hall–Kier alpha value is -0.380. The van der Waals surface area contributed by atoms with E-state index in [1.807, 2.05) is 0 Å². The fourth-order valence-corrected chi connectivity index (χ4v) is 1.83. The number of aliphatic hydroxyl groups excluding tert-OH is 1. The molecule has 1 aliphatic heterocycles. The number of allylic oxidation sites excluding steroid dienone is 2. The summed E-state index contributed by atoms with van der Waals surface area (Å²) in [6, 6.07) is 0. The first-order valence-electron chi connectivity index (χ1n) is 6.13. The zero-order chi connectivity index (χ0) is 12.0. The Morgan fingerprint density at radius 2 is 2.25 bits per heavy atom. The van der Waals surface area contributed by atoms with Crippen LogP contribution in [-0.4, -0.2) is 30.7 Å². The smallest absolute Gasteiger partial charge is 0.158 e. The normalized spacial score (nSPS) is 26.8. The molecule has 1 rings (SSSR count). The molecule has 1 aliphatic rings. The zero-order valence-electron chi connectivity index (χ0n) is 10.6. The minimum atomic E-state index is -0.116. The Morgan fingerprint density at radius 1 is 1.50 bits per heavy atom. The largest absolute Gasteiger partial charge is 0.394 e. The van der Waals surface area contributed by atoms with Crippen LogP contribution in [0.5, 0.6) is 0 Å². The Bertz CT molecular complexity index is 221. The van der Waals surface area contributed by atoms with Gasteiger partial charge in [-0.3, -0.25) is 0 Å². The van der Waals surface area contributed by atoms with Gasteiger partial charge in [0.25, 0.3) is 0 Å². The van der Waals surface area contributed by atoms with E-state index < -0.39 is 0 Å². The maximum atomic E-state index is 8.91.